The maximum atomic E-state index is 11.8. The third-order valence-electron chi connectivity index (χ3n) is 5.76. The number of nitrogens with one attached hydrogen (secondary N) is 3. The van der Waals surface area contributed by atoms with Gasteiger partial charge in [0.05, 0.1) is 42.9 Å². The van der Waals surface area contributed by atoms with E-state index in [1.165, 1.54) is 12.4 Å². The van der Waals surface area contributed by atoms with E-state index in [-0.39, 0.29) is 20.5 Å². The summed E-state index contributed by atoms with van der Waals surface area (Å²) in [7, 11) is -0.0531. The molecule has 4 rings (SSSR count). The molecule has 1 aliphatic rings. The van der Waals surface area contributed by atoms with Crippen molar-refractivity contribution in [2.45, 2.75) is 50.5 Å². The van der Waals surface area contributed by atoms with Gasteiger partial charge in [0.25, 0.3) is 0 Å². The molecular formula is C22H29N8O4P. The maximum absolute atomic E-state index is 11.8. The van der Waals surface area contributed by atoms with Gasteiger partial charge in [-0.25, -0.2) is 19.9 Å². The van der Waals surface area contributed by atoms with Crippen LogP contribution in [0.2, 0.25) is 0 Å². The number of nitrogens with zero attached hydrogens (tertiary/aromatic N) is 5. The summed E-state index contributed by atoms with van der Waals surface area (Å²) >= 11 is 0. The van der Waals surface area contributed by atoms with Crippen molar-refractivity contribution in [1.29, 1.82) is 0 Å². The number of anilines is 1. The molecule has 186 valence electrons. The number of aliphatic hydroxyl groups is 1. The first kappa shape index (κ1) is 24.9. The number of hydrogen-bond acceptors (Lipinski definition) is 9. The first-order chi connectivity index (χ1) is 17.2. The van der Waals surface area contributed by atoms with Gasteiger partial charge in [-0.3, -0.25) is 13.9 Å². The number of carbonyl (C=O) groups is 1. The lowest BCUT2D eigenvalue weighted by atomic mass is 10.2. The van der Waals surface area contributed by atoms with Crippen LogP contribution < -0.4 is 10.6 Å². The molecule has 35 heavy (non-hydrogen) atoms. The van der Waals surface area contributed by atoms with Gasteiger partial charge >= 0.3 is 0 Å². The second kappa shape index (κ2) is 12.5. The lowest BCUT2D eigenvalue weighted by Crippen LogP contribution is -2.22. The zero-order chi connectivity index (χ0) is 24.5. The summed E-state index contributed by atoms with van der Waals surface area (Å²) in [4.78, 5) is 31.7. The molecule has 12 nitrogen and oxygen atoms in total. The Kier molecular flexibility index (Phi) is 8.88. The maximum Gasteiger partial charge on any atom is 0.244 e. The molecule has 4 heterocycles. The smallest absolute Gasteiger partial charge is 0.244 e. The Bertz CT molecular complexity index is 1140. The fraction of sp³-hybridized carbons (Fsp3) is 0.500. The third-order valence-corrected chi connectivity index (χ3v) is 6.27. The first-order valence-corrected chi connectivity index (χ1v) is 12.6. The van der Waals surface area contributed by atoms with E-state index in [2.05, 4.69) is 35.6 Å². The van der Waals surface area contributed by atoms with Crippen molar-refractivity contribution >= 4 is 37.4 Å². The molecule has 1 fully saturated rings. The van der Waals surface area contributed by atoms with E-state index in [9.17, 15) is 14.5 Å². The highest BCUT2D eigenvalue weighted by molar-refractivity contribution is 7.23. The monoisotopic (exact) mass is 500 g/mol. The SMILES string of the molecule is O=PCC1OC(n2cnc3c(NCCCCCCNC(=O)/C=C/c4cnc[nH]4)ncnc32)CC1O. The van der Waals surface area contributed by atoms with Crippen LogP contribution in [0.4, 0.5) is 5.82 Å². The predicted octanol–water partition coefficient (Wildman–Crippen LogP) is 2.29. The van der Waals surface area contributed by atoms with E-state index < -0.39 is 18.4 Å². The second-order valence-electron chi connectivity index (χ2n) is 8.26. The van der Waals surface area contributed by atoms with Crippen LogP contribution in [0.15, 0.2) is 31.3 Å². The van der Waals surface area contributed by atoms with Gasteiger partial charge in [0.15, 0.2) is 25.4 Å². The lowest BCUT2D eigenvalue weighted by molar-refractivity contribution is -0.116. The molecular weight excluding hydrogens is 471 g/mol. The number of fused-ring (bicyclic) bond motifs is 1. The number of unbranched alkanes of at least 4 members (excludes halogenated alkanes) is 3. The average molecular weight is 501 g/mol. The molecule has 3 unspecified atom stereocenters. The highest BCUT2D eigenvalue weighted by Crippen LogP contribution is 2.32. The Morgan fingerprint density at radius 3 is 2.91 bits per heavy atom. The molecule has 3 aromatic heterocycles. The third kappa shape index (κ3) is 6.68. The molecule has 0 radical (unpaired) electrons. The summed E-state index contributed by atoms with van der Waals surface area (Å²) in [6, 6.07) is 0. The van der Waals surface area contributed by atoms with Gasteiger partial charge < -0.3 is 25.5 Å². The quantitative estimate of drug-likeness (QED) is 0.157. The number of hydrogen-bond donors (Lipinski definition) is 4. The van der Waals surface area contributed by atoms with Crippen LogP contribution in [0.25, 0.3) is 17.2 Å². The van der Waals surface area contributed by atoms with Gasteiger partial charge in [0, 0.05) is 25.6 Å². The van der Waals surface area contributed by atoms with Crippen LogP contribution in [-0.4, -0.2) is 72.0 Å². The van der Waals surface area contributed by atoms with Crippen molar-refractivity contribution in [2.24, 2.45) is 0 Å². The summed E-state index contributed by atoms with van der Waals surface area (Å²) in [6.45, 7) is 1.37. The summed E-state index contributed by atoms with van der Waals surface area (Å²) in [5.74, 6) is 0.532. The highest BCUT2D eigenvalue weighted by Gasteiger charge is 2.35. The van der Waals surface area contributed by atoms with Gasteiger partial charge in [-0.2, -0.15) is 0 Å². The van der Waals surface area contributed by atoms with Crippen molar-refractivity contribution in [1.82, 2.24) is 34.8 Å². The zero-order valence-corrected chi connectivity index (χ0v) is 20.1. The van der Waals surface area contributed by atoms with Crippen molar-refractivity contribution in [3.8, 4) is 0 Å². The van der Waals surface area contributed by atoms with E-state index in [1.807, 2.05) is 0 Å². The van der Waals surface area contributed by atoms with E-state index in [0.717, 1.165) is 37.9 Å². The molecule has 3 atom stereocenters. The van der Waals surface area contributed by atoms with Gasteiger partial charge in [-0.05, 0) is 18.9 Å². The molecule has 1 saturated heterocycles. The minimum absolute atomic E-state index is 0.0531. The minimum Gasteiger partial charge on any atom is -0.390 e. The largest absolute Gasteiger partial charge is 0.390 e. The fourth-order valence-corrected chi connectivity index (χ4v) is 4.40. The Hall–Kier alpha value is -3.21. The molecule has 0 spiro atoms. The van der Waals surface area contributed by atoms with E-state index in [0.29, 0.717) is 29.9 Å². The standard InChI is InChI=1S/C22H29N8O4P/c31-16-9-19(34-17(16)11-35-33)30-14-29-20-21(27-13-28-22(20)30)25-8-4-2-1-3-7-24-18(32)6-5-15-10-23-12-26-15/h5-6,10,12-14,16-17,19,31H,1-4,7-9,11H2,(H,23,26)(H,24,32)(H,25,27,28)/b6-5+. The van der Waals surface area contributed by atoms with Gasteiger partial charge in [-0.15, -0.1) is 0 Å². The number of carbonyl (C=O) groups excluding carboxylic acids is 1. The Morgan fingerprint density at radius 2 is 2.11 bits per heavy atom. The van der Waals surface area contributed by atoms with E-state index >= 15 is 0 Å². The molecule has 1 amide bonds. The van der Waals surface area contributed by atoms with E-state index in [4.69, 9.17) is 4.74 Å². The highest BCUT2D eigenvalue weighted by atomic mass is 31.1. The number of H-pyrrole nitrogens is 1. The molecule has 0 aromatic carbocycles. The van der Waals surface area contributed by atoms with Crippen LogP contribution in [0.5, 0.6) is 0 Å². The number of amides is 1. The van der Waals surface area contributed by atoms with Crippen molar-refractivity contribution < 1.29 is 19.2 Å². The molecule has 13 heteroatoms. The normalized spacial score (nSPS) is 20.2. The van der Waals surface area contributed by atoms with Crippen molar-refractivity contribution in [3.63, 3.8) is 0 Å². The molecule has 3 aromatic rings. The summed E-state index contributed by atoms with van der Waals surface area (Å²) in [6.07, 6.45) is 12.5. The van der Waals surface area contributed by atoms with Crippen LogP contribution >= 0.6 is 8.46 Å². The molecule has 0 bridgehead atoms. The number of ether oxygens (including phenoxy) is 1. The zero-order valence-electron chi connectivity index (χ0n) is 19.2. The number of aromatic amines is 1. The van der Waals surface area contributed by atoms with Gasteiger partial charge in [-0.1, -0.05) is 12.8 Å². The van der Waals surface area contributed by atoms with Crippen LogP contribution in [0.1, 0.15) is 44.0 Å². The lowest BCUT2D eigenvalue weighted by Gasteiger charge is -2.13. The number of imidazole rings is 2. The van der Waals surface area contributed by atoms with Crippen LogP contribution in [0, 0.1) is 0 Å². The summed E-state index contributed by atoms with van der Waals surface area (Å²) in [5, 5.41) is 16.3. The number of rotatable bonds is 13. The average Bonchev–Trinajstić information content (AvgIpc) is 3.60. The Balaban J connectivity index is 1.16. The topological polar surface area (TPSA) is 160 Å². The van der Waals surface area contributed by atoms with Crippen molar-refractivity contribution in [2.75, 3.05) is 24.6 Å². The van der Waals surface area contributed by atoms with E-state index in [1.54, 1.807) is 29.5 Å². The predicted molar refractivity (Wildman–Crippen MR) is 130 cm³/mol. The number of aliphatic hydroxyl groups excluding tert-OH is 1. The first-order valence-electron chi connectivity index (χ1n) is 11.6. The number of aromatic nitrogens is 6. The Morgan fingerprint density at radius 1 is 1.26 bits per heavy atom. The Labute approximate surface area is 203 Å². The minimum atomic E-state index is -0.676. The fourth-order valence-electron chi connectivity index (χ4n) is 3.92. The molecule has 1 aliphatic heterocycles. The summed E-state index contributed by atoms with van der Waals surface area (Å²) < 4.78 is 18.5. The summed E-state index contributed by atoms with van der Waals surface area (Å²) in [5.41, 5.74) is 2.05. The van der Waals surface area contributed by atoms with Crippen molar-refractivity contribution in [3.05, 3.63) is 36.9 Å². The molecule has 0 aliphatic carbocycles. The van der Waals surface area contributed by atoms with Gasteiger partial charge in [0.1, 0.15) is 12.6 Å². The molecule has 0 saturated carbocycles. The second-order valence-corrected chi connectivity index (χ2v) is 8.89. The van der Waals surface area contributed by atoms with Crippen LogP contribution in [0.3, 0.4) is 0 Å². The molecule has 4 N–H and O–H groups in total. The van der Waals surface area contributed by atoms with Gasteiger partial charge in [0.2, 0.25) is 5.91 Å². The van der Waals surface area contributed by atoms with Crippen LogP contribution in [-0.2, 0) is 14.1 Å².